The minimum Gasteiger partial charge on any atom is -0.497 e. The zero-order valence-corrected chi connectivity index (χ0v) is 9.57. The standard InChI is InChI=1S/C13H19NO/c1-3-14-9-5-8-13(14)11-6-4-7-12(10-11)15-2/h4,6-7,10,13H,3,5,8-9H2,1-2H3/t13-/m1/s1. The van der Waals surface area contributed by atoms with E-state index in [1.165, 1.54) is 24.9 Å². The lowest BCUT2D eigenvalue weighted by Crippen LogP contribution is -2.22. The Morgan fingerprint density at radius 3 is 3.07 bits per heavy atom. The molecule has 0 saturated carbocycles. The summed E-state index contributed by atoms with van der Waals surface area (Å²) in [6, 6.07) is 9.07. The Hall–Kier alpha value is -1.02. The molecule has 0 aliphatic carbocycles. The van der Waals surface area contributed by atoms with Crippen LogP contribution in [0.3, 0.4) is 0 Å². The smallest absolute Gasteiger partial charge is 0.119 e. The molecule has 0 amide bonds. The first kappa shape index (κ1) is 10.5. The van der Waals surface area contributed by atoms with Gasteiger partial charge in [0.15, 0.2) is 0 Å². The van der Waals surface area contributed by atoms with Crippen LogP contribution in [0.2, 0.25) is 0 Å². The van der Waals surface area contributed by atoms with Crippen molar-refractivity contribution >= 4 is 0 Å². The molecule has 1 atom stereocenters. The van der Waals surface area contributed by atoms with E-state index in [2.05, 4.69) is 30.0 Å². The highest BCUT2D eigenvalue weighted by Crippen LogP contribution is 2.32. The van der Waals surface area contributed by atoms with Crippen LogP contribution in [0.4, 0.5) is 0 Å². The minimum absolute atomic E-state index is 0.602. The third-order valence-electron chi connectivity index (χ3n) is 3.25. The van der Waals surface area contributed by atoms with Gasteiger partial charge in [-0.15, -0.1) is 0 Å². The van der Waals surface area contributed by atoms with Gasteiger partial charge in [-0.2, -0.15) is 0 Å². The highest BCUT2D eigenvalue weighted by atomic mass is 16.5. The number of hydrogen-bond donors (Lipinski definition) is 0. The molecule has 2 nitrogen and oxygen atoms in total. The molecule has 0 aromatic heterocycles. The summed E-state index contributed by atoms with van der Waals surface area (Å²) in [5, 5.41) is 0. The Balaban J connectivity index is 2.20. The first-order valence-corrected chi connectivity index (χ1v) is 5.73. The average Bonchev–Trinajstić information content (AvgIpc) is 2.77. The van der Waals surface area contributed by atoms with Crippen molar-refractivity contribution in [2.24, 2.45) is 0 Å². The maximum absolute atomic E-state index is 5.26. The van der Waals surface area contributed by atoms with E-state index in [-0.39, 0.29) is 0 Å². The van der Waals surface area contributed by atoms with Gasteiger partial charge in [-0.3, -0.25) is 4.90 Å². The van der Waals surface area contributed by atoms with E-state index in [0.29, 0.717) is 6.04 Å². The normalized spacial score (nSPS) is 21.9. The number of likely N-dealkylation sites (tertiary alicyclic amines) is 1. The second-order valence-corrected chi connectivity index (χ2v) is 4.06. The van der Waals surface area contributed by atoms with Crippen LogP contribution in [-0.2, 0) is 0 Å². The summed E-state index contributed by atoms with van der Waals surface area (Å²) in [6.45, 7) is 4.61. The third kappa shape index (κ3) is 2.15. The van der Waals surface area contributed by atoms with Crippen LogP contribution < -0.4 is 4.74 Å². The quantitative estimate of drug-likeness (QED) is 0.752. The largest absolute Gasteiger partial charge is 0.497 e. The summed E-state index contributed by atoms with van der Waals surface area (Å²) in [7, 11) is 1.73. The van der Waals surface area contributed by atoms with Gasteiger partial charge in [0.25, 0.3) is 0 Å². The van der Waals surface area contributed by atoms with E-state index in [9.17, 15) is 0 Å². The number of methoxy groups -OCH3 is 1. The molecule has 1 aromatic carbocycles. The highest BCUT2D eigenvalue weighted by Gasteiger charge is 2.24. The van der Waals surface area contributed by atoms with Crippen molar-refractivity contribution in [1.29, 1.82) is 0 Å². The molecule has 2 rings (SSSR count). The lowest BCUT2D eigenvalue weighted by atomic mass is 10.0. The van der Waals surface area contributed by atoms with Crippen LogP contribution in [0.15, 0.2) is 24.3 Å². The fourth-order valence-corrected chi connectivity index (χ4v) is 2.43. The number of benzene rings is 1. The van der Waals surface area contributed by atoms with Gasteiger partial charge in [0.05, 0.1) is 7.11 Å². The first-order valence-electron chi connectivity index (χ1n) is 5.73. The molecule has 1 aliphatic heterocycles. The SMILES string of the molecule is CCN1CCC[C@@H]1c1cccc(OC)c1. The molecule has 1 aliphatic rings. The summed E-state index contributed by atoms with van der Waals surface area (Å²) < 4.78 is 5.26. The molecule has 0 bridgehead atoms. The lowest BCUT2D eigenvalue weighted by molar-refractivity contribution is 0.271. The van der Waals surface area contributed by atoms with Crippen LogP contribution in [0.1, 0.15) is 31.4 Å². The van der Waals surface area contributed by atoms with E-state index in [0.717, 1.165) is 12.3 Å². The Morgan fingerprint density at radius 2 is 2.33 bits per heavy atom. The van der Waals surface area contributed by atoms with Crippen LogP contribution in [-0.4, -0.2) is 25.1 Å². The molecule has 1 heterocycles. The molecular formula is C13H19NO. The van der Waals surface area contributed by atoms with Gasteiger partial charge in [-0.05, 0) is 43.6 Å². The molecule has 0 unspecified atom stereocenters. The van der Waals surface area contributed by atoms with Gasteiger partial charge in [0.2, 0.25) is 0 Å². The molecule has 1 saturated heterocycles. The second kappa shape index (κ2) is 4.67. The van der Waals surface area contributed by atoms with Gasteiger partial charge >= 0.3 is 0 Å². The Labute approximate surface area is 91.9 Å². The van der Waals surface area contributed by atoms with Crippen molar-refractivity contribution in [3.05, 3.63) is 29.8 Å². The Kier molecular flexibility index (Phi) is 3.27. The summed E-state index contributed by atoms with van der Waals surface area (Å²) in [5.74, 6) is 0.968. The van der Waals surface area contributed by atoms with Crippen LogP contribution in [0.5, 0.6) is 5.75 Å². The van der Waals surface area contributed by atoms with Gasteiger partial charge in [0, 0.05) is 6.04 Å². The monoisotopic (exact) mass is 205 g/mol. The fraction of sp³-hybridized carbons (Fsp3) is 0.538. The van der Waals surface area contributed by atoms with Crippen molar-refractivity contribution in [2.45, 2.75) is 25.8 Å². The maximum Gasteiger partial charge on any atom is 0.119 e. The second-order valence-electron chi connectivity index (χ2n) is 4.06. The number of ether oxygens (including phenoxy) is 1. The molecule has 1 aromatic rings. The zero-order chi connectivity index (χ0) is 10.7. The van der Waals surface area contributed by atoms with Crippen molar-refractivity contribution in [3.63, 3.8) is 0 Å². The number of hydrogen-bond acceptors (Lipinski definition) is 2. The van der Waals surface area contributed by atoms with Gasteiger partial charge in [-0.1, -0.05) is 19.1 Å². The molecule has 82 valence electrons. The Morgan fingerprint density at radius 1 is 1.47 bits per heavy atom. The van der Waals surface area contributed by atoms with Gasteiger partial charge < -0.3 is 4.74 Å². The average molecular weight is 205 g/mol. The molecule has 0 N–H and O–H groups in total. The van der Waals surface area contributed by atoms with Crippen molar-refractivity contribution in [1.82, 2.24) is 4.90 Å². The van der Waals surface area contributed by atoms with Crippen LogP contribution >= 0.6 is 0 Å². The lowest BCUT2D eigenvalue weighted by Gasteiger charge is -2.23. The van der Waals surface area contributed by atoms with Crippen molar-refractivity contribution in [2.75, 3.05) is 20.2 Å². The summed E-state index contributed by atoms with van der Waals surface area (Å²) >= 11 is 0. The topological polar surface area (TPSA) is 12.5 Å². The number of rotatable bonds is 3. The molecule has 2 heteroatoms. The fourth-order valence-electron chi connectivity index (χ4n) is 2.43. The van der Waals surface area contributed by atoms with E-state index in [4.69, 9.17) is 4.74 Å². The summed E-state index contributed by atoms with van der Waals surface area (Å²) in [6.07, 6.45) is 2.59. The van der Waals surface area contributed by atoms with Gasteiger partial charge in [0.1, 0.15) is 5.75 Å². The summed E-state index contributed by atoms with van der Waals surface area (Å²) in [5.41, 5.74) is 1.40. The first-order chi connectivity index (χ1) is 7.35. The molecule has 0 radical (unpaired) electrons. The maximum atomic E-state index is 5.26. The van der Waals surface area contributed by atoms with E-state index in [1.54, 1.807) is 7.11 Å². The zero-order valence-electron chi connectivity index (χ0n) is 9.57. The predicted molar refractivity (Wildman–Crippen MR) is 62.2 cm³/mol. The predicted octanol–water partition coefficient (Wildman–Crippen LogP) is 2.85. The van der Waals surface area contributed by atoms with E-state index >= 15 is 0 Å². The van der Waals surface area contributed by atoms with Gasteiger partial charge in [-0.25, -0.2) is 0 Å². The molecule has 15 heavy (non-hydrogen) atoms. The summed E-state index contributed by atoms with van der Waals surface area (Å²) in [4.78, 5) is 2.54. The highest BCUT2D eigenvalue weighted by molar-refractivity contribution is 5.31. The molecule has 1 fully saturated rings. The van der Waals surface area contributed by atoms with Crippen molar-refractivity contribution < 1.29 is 4.74 Å². The van der Waals surface area contributed by atoms with Crippen LogP contribution in [0.25, 0.3) is 0 Å². The third-order valence-corrected chi connectivity index (χ3v) is 3.25. The Bertz CT molecular complexity index is 324. The van der Waals surface area contributed by atoms with E-state index < -0.39 is 0 Å². The number of nitrogens with zero attached hydrogens (tertiary/aromatic N) is 1. The molecule has 0 spiro atoms. The van der Waals surface area contributed by atoms with Crippen LogP contribution in [0, 0.1) is 0 Å². The molecular weight excluding hydrogens is 186 g/mol. The minimum atomic E-state index is 0.602. The van der Waals surface area contributed by atoms with Crippen molar-refractivity contribution in [3.8, 4) is 5.75 Å². The van der Waals surface area contributed by atoms with E-state index in [1.807, 2.05) is 6.07 Å².